The molecule has 0 spiro atoms. The highest BCUT2D eigenvalue weighted by atomic mass is 16.5. The molecule has 3 nitrogen and oxygen atoms in total. The van der Waals surface area contributed by atoms with Gasteiger partial charge in [-0.15, -0.1) is 0 Å². The van der Waals surface area contributed by atoms with E-state index in [1.54, 1.807) is 0 Å². The predicted octanol–water partition coefficient (Wildman–Crippen LogP) is 3.64. The molecule has 0 saturated carbocycles. The standard InChI is InChI=1S/C18H27NO2/c1-4-7-15-8-5-6-9-18(15)20-13-17-11-10-16(21-17)12-19-14(2)3/h4-9,14,16-17,19H,10-13H2,1-3H3. The average Bonchev–Trinajstić information content (AvgIpc) is 2.92. The number of rotatable bonds is 7. The Labute approximate surface area is 128 Å². The van der Waals surface area contributed by atoms with E-state index in [1.807, 2.05) is 31.2 Å². The highest BCUT2D eigenvalue weighted by Gasteiger charge is 2.25. The minimum Gasteiger partial charge on any atom is -0.490 e. The van der Waals surface area contributed by atoms with Crippen molar-refractivity contribution in [1.29, 1.82) is 0 Å². The first-order chi connectivity index (χ1) is 10.2. The third kappa shape index (κ3) is 5.18. The molecule has 0 aliphatic carbocycles. The normalized spacial score (nSPS) is 22.3. The van der Waals surface area contributed by atoms with Crippen LogP contribution in [0.5, 0.6) is 5.75 Å². The molecule has 1 aliphatic heterocycles. The maximum Gasteiger partial charge on any atom is 0.126 e. The second kappa shape index (κ2) is 8.20. The fraction of sp³-hybridized carbons (Fsp3) is 0.556. The topological polar surface area (TPSA) is 30.5 Å². The summed E-state index contributed by atoms with van der Waals surface area (Å²) >= 11 is 0. The minimum atomic E-state index is 0.211. The van der Waals surface area contributed by atoms with Crippen LogP contribution in [0.4, 0.5) is 0 Å². The number of ether oxygens (including phenoxy) is 2. The molecule has 2 rings (SSSR count). The van der Waals surface area contributed by atoms with Gasteiger partial charge < -0.3 is 14.8 Å². The number of hydrogen-bond donors (Lipinski definition) is 1. The van der Waals surface area contributed by atoms with Crippen LogP contribution in [0.1, 0.15) is 39.2 Å². The van der Waals surface area contributed by atoms with Crippen LogP contribution in [0.25, 0.3) is 6.08 Å². The van der Waals surface area contributed by atoms with Gasteiger partial charge in [-0.25, -0.2) is 0 Å². The van der Waals surface area contributed by atoms with Crippen molar-refractivity contribution in [2.24, 2.45) is 0 Å². The molecule has 1 aliphatic rings. The van der Waals surface area contributed by atoms with Gasteiger partial charge in [0.25, 0.3) is 0 Å². The van der Waals surface area contributed by atoms with Crippen molar-refractivity contribution in [2.45, 2.75) is 51.9 Å². The molecule has 1 saturated heterocycles. The molecule has 1 aromatic rings. The van der Waals surface area contributed by atoms with Crippen LogP contribution in [0.15, 0.2) is 30.3 Å². The zero-order valence-corrected chi connectivity index (χ0v) is 13.3. The van der Waals surface area contributed by atoms with Gasteiger partial charge >= 0.3 is 0 Å². The minimum absolute atomic E-state index is 0.211. The summed E-state index contributed by atoms with van der Waals surface area (Å²) in [4.78, 5) is 0. The lowest BCUT2D eigenvalue weighted by molar-refractivity contribution is 0.0178. The molecule has 2 unspecified atom stereocenters. The van der Waals surface area contributed by atoms with Gasteiger partial charge in [0, 0.05) is 18.2 Å². The van der Waals surface area contributed by atoms with E-state index in [2.05, 4.69) is 31.3 Å². The summed E-state index contributed by atoms with van der Waals surface area (Å²) in [5.41, 5.74) is 1.12. The van der Waals surface area contributed by atoms with Gasteiger partial charge in [0.1, 0.15) is 12.4 Å². The van der Waals surface area contributed by atoms with Crippen LogP contribution in [0.2, 0.25) is 0 Å². The van der Waals surface area contributed by atoms with Crippen molar-refractivity contribution in [3.63, 3.8) is 0 Å². The summed E-state index contributed by atoms with van der Waals surface area (Å²) in [5.74, 6) is 0.933. The van der Waals surface area contributed by atoms with Gasteiger partial charge in [0.2, 0.25) is 0 Å². The van der Waals surface area contributed by atoms with Gasteiger partial charge in [-0.1, -0.05) is 44.2 Å². The quantitative estimate of drug-likeness (QED) is 0.831. The monoisotopic (exact) mass is 289 g/mol. The lowest BCUT2D eigenvalue weighted by atomic mass is 10.2. The van der Waals surface area contributed by atoms with E-state index in [4.69, 9.17) is 9.47 Å². The molecule has 3 heteroatoms. The Morgan fingerprint density at radius 2 is 2.05 bits per heavy atom. The molecule has 1 fully saturated rings. The first kappa shape index (κ1) is 16.1. The second-order valence-corrected chi connectivity index (χ2v) is 5.87. The van der Waals surface area contributed by atoms with Crippen molar-refractivity contribution in [1.82, 2.24) is 5.32 Å². The van der Waals surface area contributed by atoms with Crippen molar-refractivity contribution in [3.05, 3.63) is 35.9 Å². The number of para-hydroxylation sites is 1. The van der Waals surface area contributed by atoms with Gasteiger partial charge in [0.05, 0.1) is 12.2 Å². The zero-order valence-electron chi connectivity index (χ0n) is 13.3. The van der Waals surface area contributed by atoms with E-state index < -0.39 is 0 Å². The Kier molecular flexibility index (Phi) is 6.27. The third-order valence-electron chi connectivity index (χ3n) is 3.64. The van der Waals surface area contributed by atoms with Crippen LogP contribution >= 0.6 is 0 Å². The van der Waals surface area contributed by atoms with Crippen LogP contribution in [0.3, 0.4) is 0 Å². The number of allylic oxidation sites excluding steroid dienone is 1. The summed E-state index contributed by atoms with van der Waals surface area (Å²) in [6.07, 6.45) is 6.83. The molecule has 1 N–H and O–H groups in total. The lowest BCUT2D eigenvalue weighted by Crippen LogP contribution is -2.32. The molecule has 0 amide bonds. The van der Waals surface area contributed by atoms with Crippen molar-refractivity contribution < 1.29 is 9.47 Å². The Bertz CT molecular complexity index is 456. The maximum absolute atomic E-state index is 6.03. The molecule has 21 heavy (non-hydrogen) atoms. The Morgan fingerprint density at radius 3 is 2.81 bits per heavy atom. The fourth-order valence-electron chi connectivity index (χ4n) is 2.53. The third-order valence-corrected chi connectivity index (χ3v) is 3.64. The molecule has 0 aromatic heterocycles. The maximum atomic E-state index is 6.03. The number of benzene rings is 1. The van der Waals surface area contributed by atoms with Crippen molar-refractivity contribution in [3.8, 4) is 5.75 Å². The van der Waals surface area contributed by atoms with E-state index in [0.717, 1.165) is 30.7 Å². The fourth-order valence-corrected chi connectivity index (χ4v) is 2.53. The van der Waals surface area contributed by atoms with Crippen molar-refractivity contribution in [2.75, 3.05) is 13.2 Å². The first-order valence-corrected chi connectivity index (χ1v) is 7.92. The van der Waals surface area contributed by atoms with E-state index in [-0.39, 0.29) is 6.10 Å². The Morgan fingerprint density at radius 1 is 1.29 bits per heavy atom. The average molecular weight is 289 g/mol. The highest BCUT2D eigenvalue weighted by Crippen LogP contribution is 2.23. The summed E-state index contributed by atoms with van der Waals surface area (Å²) < 4.78 is 12.0. The molecular weight excluding hydrogens is 262 g/mol. The molecular formula is C18H27NO2. The van der Waals surface area contributed by atoms with E-state index in [0.29, 0.717) is 18.8 Å². The first-order valence-electron chi connectivity index (χ1n) is 7.92. The summed E-state index contributed by atoms with van der Waals surface area (Å²) in [7, 11) is 0. The summed E-state index contributed by atoms with van der Waals surface area (Å²) in [6.45, 7) is 7.90. The molecule has 1 heterocycles. The molecule has 0 bridgehead atoms. The van der Waals surface area contributed by atoms with E-state index in [9.17, 15) is 0 Å². The summed E-state index contributed by atoms with van der Waals surface area (Å²) in [6, 6.07) is 8.63. The van der Waals surface area contributed by atoms with Gasteiger partial charge in [-0.3, -0.25) is 0 Å². The lowest BCUT2D eigenvalue weighted by Gasteiger charge is -2.17. The van der Waals surface area contributed by atoms with E-state index >= 15 is 0 Å². The van der Waals surface area contributed by atoms with Crippen molar-refractivity contribution >= 4 is 6.08 Å². The largest absolute Gasteiger partial charge is 0.490 e. The van der Waals surface area contributed by atoms with Gasteiger partial charge in [-0.2, -0.15) is 0 Å². The predicted molar refractivity (Wildman–Crippen MR) is 87.7 cm³/mol. The van der Waals surface area contributed by atoms with Crippen LogP contribution in [0, 0.1) is 0 Å². The summed E-state index contributed by atoms with van der Waals surface area (Å²) in [5, 5.41) is 3.43. The molecule has 1 aromatic carbocycles. The van der Waals surface area contributed by atoms with Crippen LogP contribution < -0.4 is 10.1 Å². The van der Waals surface area contributed by atoms with E-state index in [1.165, 1.54) is 0 Å². The zero-order chi connectivity index (χ0) is 15.1. The smallest absolute Gasteiger partial charge is 0.126 e. The number of nitrogens with one attached hydrogen (secondary N) is 1. The molecule has 116 valence electrons. The number of hydrogen-bond acceptors (Lipinski definition) is 3. The second-order valence-electron chi connectivity index (χ2n) is 5.87. The molecule has 2 atom stereocenters. The van der Waals surface area contributed by atoms with Gasteiger partial charge in [0.15, 0.2) is 0 Å². The Balaban J connectivity index is 1.79. The Hall–Kier alpha value is -1.32. The highest BCUT2D eigenvalue weighted by molar-refractivity contribution is 5.56. The van der Waals surface area contributed by atoms with Crippen LogP contribution in [-0.4, -0.2) is 31.4 Å². The van der Waals surface area contributed by atoms with Crippen LogP contribution in [-0.2, 0) is 4.74 Å². The molecule has 0 radical (unpaired) electrons. The van der Waals surface area contributed by atoms with Gasteiger partial charge in [-0.05, 0) is 25.8 Å². The SMILES string of the molecule is CC=Cc1ccccc1OCC1CCC(CNC(C)C)O1.